The molecule has 0 radical (unpaired) electrons. The molecule has 0 bridgehead atoms. The molecule has 6 nitrogen and oxygen atoms in total. The second kappa shape index (κ2) is 10.6. The number of carbonyl (C=O) groups excluding carboxylic acids is 1. The first kappa shape index (κ1) is 24.7. The summed E-state index contributed by atoms with van der Waals surface area (Å²) in [6.45, 7) is 5.86. The minimum absolute atomic E-state index is 0.151. The third-order valence-electron chi connectivity index (χ3n) is 6.66. The fourth-order valence-electron chi connectivity index (χ4n) is 4.79. The maximum absolute atomic E-state index is 14.5. The van der Waals surface area contributed by atoms with Gasteiger partial charge in [-0.05, 0) is 40.6 Å². The van der Waals surface area contributed by atoms with Gasteiger partial charge >= 0.3 is 0 Å². The molecule has 188 valence electrons. The second-order valence-electron chi connectivity index (χ2n) is 8.70. The van der Waals surface area contributed by atoms with Gasteiger partial charge in [0.05, 0.1) is 35.0 Å². The highest BCUT2D eigenvalue weighted by Gasteiger charge is 2.27. The van der Waals surface area contributed by atoms with Crippen LogP contribution in [0.3, 0.4) is 0 Å². The van der Waals surface area contributed by atoms with Crippen molar-refractivity contribution in [3.05, 3.63) is 106 Å². The lowest BCUT2D eigenvalue weighted by Crippen LogP contribution is -2.46. The van der Waals surface area contributed by atoms with E-state index in [1.165, 1.54) is 11.3 Å². The van der Waals surface area contributed by atoms with E-state index < -0.39 is 0 Å². The Hall–Kier alpha value is -3.94. The lowest BCUT2D eigenvalue weighted by atomic mass is 10.0. The molecule has 2 aromatic carbocycles. The Morgan fingerprint density at radius 3 is 2.41 bits per heavy atom. The number of carbonyl (C=O) groups is 1. The van der Waals surface area contributed by atoms with Gasteiger partial charge in [-0.3, -0.25) is 19.0 Å². The van der Waals surface area contributed by atoms with Gasteiger partial charge in [-0.15, -0.1) is 11.3 Å². The molecule has 1 amide bonds. The number of nitrogens with zero attached hydrogens (tertiary/aromatic N) is 3. The first-order valence-corrected chi connectivity index (χ1v) is 13.2. The Bertz CT molecular complexity index is 1620. The van der Waals surface area contributed by atoms with E-state index >= 15 is 0 Å². The summed E-state index contributed by atoms with van der Waals surface area (Å²) in [6.07, 6.45) is 1.77. The Morgan fingerprint density at radius 1 is 0.946 bits per heavy atom. The molecule has 3 aromatic heterocycles. The molecular formula is C30H29N3O3S. The van der Waals surface area contributed by atoms with E-state index in [2.05, 4.69) is 0 Å². The number of hydrogen-bond donors (Lipinski definition) is 0. The normalized spacial score (nSPS) is 11.4. The summed E-state index contributed by atoms with van der Waals surface area (Å²) < 4.78 is 8.09. The van der Waals surface area contributed by atoms with Crippen LogP contribution in [-0.4, -0.2) is 40.5 Å². The minimum atomic E-state index is -0.191. The predicted molar refractivity (Wildman–Crippen MR) is 150 cm³/mol. The van der Waals surface area contributed by atoms with Crippen molar-refractivity contribution in [2.24, 2.45) is 0 Å². The number of aromatic nitrogens is 1. The third-order valence-corrected chi connectivity index (χ3v) is 7.59. The largest absolute Gasteiger partial charge is 0.496 e. The highest BCUT2D eigenvalue weighted by molar-refractivity contribution is 7.18. The topological polar surface area (TPSA) is 54.3 Å². The van der Waals surface area contributed by atoms with Crippen LogP contribution in [0.2, 0.25) is 0 Å². The Morgan fingerprint density at radius 2 is 1.68 bits per heavy atom. The number of fused-ring (bicyclic) bond motifs is 3. The SMILES string of the molecule is CCN(CC)N(Cc1ccccc1)C(=O)c1cc(-c2ccccc2OC)c(=O)n2ccc3ccsc3c12. The van der Waals surface area contributed by atoms with Crippen LogP contribution in [0.5, 0.6) is 5.75 Å². The maximum atomic E-state index is 14.5. The summed E-state index contributed by atoms with van der Waals surface area (Å²) >= 11 is 1.53. The van der Waals surface area contributed by atoms with E-state index in [9.17, 15) is 9.59 Å². The zero-order chi connectivity index (χ0) is 25.9. The molecule has 5 rings (SSSR count). The molecule has 5 aromatic rings. The molecule has 0 aliphatic carbocycles. The number of rotatable bonds is 8. The van der Waals surface area contributed by atoms with Crippen molar-refractivity contribution in [1.29, 1.82) is 0 Å². The molecule has 0 unspecified atom stereocenters. The zero-order valence-electron chi connectivity index (χ0n) is 21.2. The molecule has 0 spiro atoms. The zero-order valence-corrected chi connectivity index (χ0v) is 22.0. The number of hydrazine groups is 1. The van der Waals surface area contributed by atoms with Gasteiger partial charge in [-0.1, -0.05) is 62.4 Å². The molecule has 7 heteroatoms. The summed E-state index contributed by atoms with van der Waals surface area (Å²) in [5, 5.41) is 6.83. The number of methoxy groups -OCH3 is 1. The molecule has 0 N–H and O–H groups in total. The molecular weight excluding hydrogens is 482 g/mol. The number of ether oxygens (including phenoxy) is 1. The van der Waals surface area contributed by atoms with Crippen LogP contribution in [-0.2, 0) is 6.54 Å². The number of pyridine rings is 2. The molecule has 0 saturated heterocycles. The fraction of sp³-hybridized carbons (Fsp3) is 0.200. The second-order valence-corrected chi connectivity index (χ2v) is 9.62. The van der Waals surface area contributed by atoms with Crippen molar-refractivity contribution in [1.82, 2.24) is 14.4 Å². The lowest BCUT2D eigenvalue weighted by Gasteiger charge is -2.34. The van der Waals surface area contributed by atoms with Crippen LogP contribution >= 0.6 is 11.3 Å². The van der Waals surface area contributed by atoms with Gasteiger partial charge in [0, 0.05) is 24.8 Å². The van der Waals surface area contributed by atoms with Crippen LogP contribution in [0.4, 0.5) is 0 Å². The highest BCUT2D eigenvalue weighted by Crippen LogP contribution is 2.33. The molecule has 0 aliphatic heterocycles. The van der Waals surface area contributed by atoms with E-state index in [-0.39, 0.29) is 11.5 Å². The predicted octanol–water partition coefficient (Wildman–Crippen LogP) is 6.09. The molecule has 3 heterocycles. The average molecular weight is 512 g/mol. The number of para-hydroxylation sites is 1. The molecule has 0 fully saturated rings. The average Bonchev–Trinajstić information content (AvgIpc) is 3.43. The van der Waals surface area contributed by atoms with Crippen molar-refractivity contribution in [3.63, 3.8) is 0 Å². The van der Waals surface area contributed by atoms with Crippen molar-refractivity contribution in [2.75, 3.05) is 20.2 Å². The Kier molecular flexibility index (Phi) is 7.08. The van der Waals surface area contributed by atoms with Gasteiger partial charge in [0.15, 0.2) is 0 Å². The third kappa shape index (κ3) is 4.52. The van der Waals surface area contributed by atoms with Crippen molar-refractivity contribution in [2.45, 2.75) is 20.4 Å². The van der Waals surface area contributed by atoms with Gasteiger partial charge in [-0.25, -0.2) is 5.01 Å². The smallest absolute Gasteiger partial charge is 0.270 e. The van der Waals surface area contributed by atoms with Gasteiger partial charge in [0.25, 0.3) is 11.5 Å². The van der Waals surface area contributed by atoms with E-state index in [1.54, 1.807) is 28.8 Å². The van der Waals surface area contributed by atoms with Gasteiger partial charge in [0.1, 0.15) is 5.75 Å². The summed E-state index contributed by atoms with van der Waals surface area (Å²) in [6, 6.07) is 23.1. The van der Waals surface area contributed by atoms with Gasteiger partial charge in [0.2, 0.25) is 0 Å². The van der Waals surface area contributed by atoms with Crippen molar-refractivity contribution in [3.8, 4) is 16.9 Å². The first-order valence-electron chi connectivity index (χ1n) is 12.4. The fourth-order valence-corrected chi connectivity index (χ4v) is 5.73. The van der Waals surface area contributed by atoms with Crippen LogP contribution in [0.1, 0.15) is 29.8 Å². The Labute approximate surface area is 219 Å². The van der Waals surface area contributed by atoms with E-state index in [4.69, 9.17) is 4.74 Å². The summed E-state index contributed by atoms with van der Waals surface area (Å²) in [4.78, 5) is 28.3. The Balaban J connectivity index is 1.79. The first-order chi connectivity index (χ1) is 18.1. The monoisotopic (exact) mass is 511 g/mol. The van der Waals surface area contributed by atoms with Gasteiger partial charge in [-0.2, -0.15) is 0 Å². The van der Waals surface area contributed by atoms with Crippen LogP contribution in [0.25, 0.3) is 26.7 Å². The molecule has 37 heavy (non-hydrogen) atoms. The van der Waals surface area contributed by atoms with Crippen molar-refractivity contribution >= 4 is 32.8 Å². The van der Waals surface area contributed by atoms with Crippen LogP contribution in [0.15, 0.2) is 89.2 Å². The highest BCUT2D eigenvalue weighted by atomic mass is 32.1. The van der Waals surface area contributed by atoms with E-state index in [0.717, 1.165) is 15.6 Å². The quantitative estimate of drug-likeness (QED) is 0.237. The van der Waals surface area contributed by atoms with Gasteiger partial charge < -0.3 is 4.74 Å². The number of benzene rings is 2. The number of thiophene rings is 1. The number of amides is 1. The maximum Gasteiger partial charge on any atom is 0.270 e. The molecule has 0 saturated carbocycles. The van der Waals surface area contributed by atoms with Crippen LogP contribution < -0.4 is 10.3 Å². The summed E-state index contributed by atoms with van der Waals surface area (Å²) in [7, 11) is 1.58. The van der Waals surface area contributed by atoms with Crippen molar-refractivity contribution < 1.29 is 9.53 Å². The van der Waals surface area contributed by atoms with Crippen LogP contribution in [0, 0.1) is 0 Å². The molecule has 0 atom stereocenters. The minimum Gasteiger partial charge on any atom is -0.496 e. The van der Waals surface area contributed by atoms with E-state index in [0.29, 0.717) is 47.6 Å². The number of hydrogen-bond acceptors (Lipinski definition) is 5. The van der Waals surface area contributed by atoms with E-state index in [1.807, 2.05) is 91.0 Å². The molecule has 0 aliphatic rings. The summed E-state index contributed by atoms with van der Waals surface area (Å²) in [5.41, 5.74) is 3.04. The standard InChI is InChI=1S/C30H29N3O3S/c1-4-31(5-2)33(20-21-11-7-6-8-12-21)30(35)25-19-24(23-13-9-10-14-26(23)36-3)29(34)32-17-15-22-16-18-37-28(22)27(25)32/h6-19H,4-5,20H2,1-3H3. The lowest BCUT2D eigenvalue weighted by molar-refractivity contribution is -0.00949. The summed E-state index contributed by atoms with van der Waals surface area (Å²) in [5.74, 6) is 0.433.